The van der Waals surface area contributed by atoms with Crippen LogP contribution in [0, 0.1) is 11.3 Å². The van der Waals surface area contributed by atoms with Crippen molar-refractivity contribution in [3.8, 4) is 6.07 Å². The Labute approximate surface area is 59.8 Å². The van der Waals surface area contributed by atoms with Gasteiger partial charge >= 0.3 is 0 Å². The van der Waals surface area contributed by atoms with Crippen LogP contribution in [0.4, 0.5) is 0 Å². The molecule has 0 saturated heterocycles. The Balaban J connectivity index is 4.77. The lowest BCUT2D eigenvalue weighted by Gasteiger charge is -1.96. The monoisotopic (exact) mass is 138 g/mol. The first-order valence-corrected chi connectivity index (χ1v) is 2.72. The Morgan fingerprint density at radius 2 is 2.00 bits per heavy atom. The van der Waals surface area contributed by atoms with Gasteiger partial charge in [-0.1, -0.05) is 0 Å². The van der Waals surface area contributed by atoms with Crippen molar-refractivity contribution in [3.05, 3.63) is 11.3 Å². The highest BCUT2D eigenvalue weighted by molar-refractivity contribution is 6.00. The van der Waals surface area contributed by atoms with Crippen molar-refractivity contribution in [1.82, 2.24) is 0 Å². The van der Waals surface area contributed by atoms with Crippen LogP contribution >= 0.6 is 0 Å². The van der Waals surface area contributed by atoms with Gasteiger partial charge in [-0.2, -0.15) is 5.26 Å². The van der Waals surface area contributed by atoms with Crippen molar-refractivity contribution in [1.29, 1.82) is 5.26 Å². The third-order valence-corrected chi connectivity index (χ3v) is 1.00. The first-order valence-electron chi connectivity index (χ1n) is 2.72. The molecule has 4 heteroatoms. The third-order valence-electron chi connectivity index (χ3n) is 1.00. The van der Waals surface area contributed by atoms with Gasteiger partial charge in [0.05, 0.1) is 0 Å². The van der Waals surface area contributed by atoms with Crippen molar-refractivity contribution in [2.45, 2.75) is 6.92 Å². The van der Waals surface area contributed by atoms with Crippen molar-refractivity contribution in [3.63, 3.8) is 0 Å². The molecule has 0 unspecified atom stereocenters. The predicted octanol–water partition coefficient (Wildman–Crippen LogP) is -0.270. The summed E-state index contributed by atoms with van der Waals surface area (Å²) in [6.45, 7) is 1.61. The van der Waals surface area contributed by atoms with Crippen molar-refractivity contribution < 1.29 is 0 Å². The fraction of sp³-hybridized carbons (Fsp3) is 0.333. The van der Waals surface area contributed by atoms with E-state index in [1.165, 1.54) is 7.05 Å². The first kappa shape index (κ1) is 8.50. The Hall–Kier alpha value is -1.50. The van der Waals surface area contributed by atoms with E-state index in [9.17, 15) is 0 Å². The van der Waals surface area contributed by atoms with Gasteiger partial charge in [-0.3, -0.25) is 4.99 Å². The van der Waals surface area contributed by atoms with Crippen LogP contribution in [-0.2, 0) is 0 Å². The van der Waals surface area contributed by atoms with Crippen molar-refractivity contribution in [2.75, 3.05) is 7.05 Å². The smallest absolute Gasteiger partial charge is 0.137 e. The van der Waals surface area contributed by atoms with E-state index in [2.05, 4.69) is 4.99 Å². The summed E-state index contributed by atoms with van der Waals surface area (Å²) in [6.07, 6.45) is 0. The quantitative estimate of drug-likeness (QED) is 0.297. The average Bonchev–Trinajstić information content (AvgIpc) is 1.88. The number of hydrogen-bond acceptors (Lipinski definition) is 3. The fourth-order valence-corrected chi connectivity index (χ4v) is 0.459. The van der Waals surface area contributed by atoms with Crippen LogP contribution in [0.5, 0.6) is 0 Å². The van der Waals surface area contributed by atoms with E-state index in [0.717, 1.165) is 0 Å². The number of amidine groups is 1. The highest BCUT2D eigenvalue weighted by atomic mass is 14.8. The van der Waals surface area contributed by atoms with E-state index in [-0.39, 0.29) is 11.4 Å². The lowest BCUT2D eigenvalue weighted by Crippen LogP contribution is -2.17. The molecular weight excluding hydrogens is 128 g/mol. The number of hydrogen-bond donors (Lipinski definition) is 2. The molecule has 4 N–H and O–H groups in total. The van der Waals surface area contributed by atoms with E-state index in [1.807, 2.05) is 6.07 Å². The predicted molar refractivity (Wildman–Crippen MR) is 40.0 cm³/mol. The second-order valence-electron chi connectivity index (χ2n) is 1.78. The summed E-state index contributed by atoms with van der Waals surface area (Å²) in [6, 6.07) is 1.85. The third kappa shape index (κ3) is 1.78. The largest absolute Gasteiger partial charge is 0.401 e. The molecule has 54 valence electrons. The highest BCUT2D eigenvalue weighted by Crippen LogP contribution is 1.95. The van der Waals surface area contributed by atoms with Gasteiger partial charge in [0.15, 0.2) is 0 Å². The highest BCUT2D eigenvalue weighted by Gasteiger charge is 2.01. The zero-order valence-electron chi connectivity index (χ0n) is 6.05. The molecule has 0 aliphatic rings. The van der Waals surface area contributed by atoms with Gasteiger partial charge in [-0.05, 0) is 6.92 Å². The second-order valence-corrected chi connectivity index (χ2v) is 1.78. The minimum absolute atomic E-state index is 0.183. The SMILES string of the molecule is CN=C(N)C(C#N)=C(C)N. The number of rotatable bonds is 1. The number of aliphatic imine (C=N–C) groups is 1. The van der Waals surface area contributed by atoms with Crippen LogP contribution in [0.3, 0.4) is 0 Å². The molecule has 0 aromatic rings. The topological polar surface area (TPSA) is 88.2 Å². The van der Waals surface area contributed by atoms with Gasteiger partial charge in [-0.15, -0.1) is 0 Å². The number of nitrogens with two attached hydrogens (primary N) is 2. The number of nitrogens with zero attached hydrogens (tertiary/aromatic N) is 2. The maximum Gasteiger partial charge on any atom is 0.137 e. The molecule has 10 heavy (non-hydrogen) atoms. The minimum atomic E-state index is 0.183. The molecule has 0 aliphatic heterocycles. The molecule has 0 saturated carbocycles. The van der Waals surface area contributed by atoms with Gasteiger partial charge in [0.1, 0.15) is 17.5 Å². The molecule has 0 spiro atoms. The zero-order chi connectivity index (χ0) is 8.15. The molecule has 0 aromatic heterocycles. The molecular formula is C6H10N4. The van der Waals surface area contributed by atoms with Gasteiger partial charge in [-0.25, -0.2) is 0 Å². The molecule has 0 aromatic carbocycles. The van der Waals surface area contributed by atoms with E-state index in [4.69, 9.17) is 16.7 Å². The lowest BCUT2D eigenvalue weighted by molar-refractivity contribution is 1.27. The zero-order valence-corrected chi connectivity index (χ0v) is 6.05. The summed E-state index contributed by atoms with van der Waals surface area (Å²) >= 11 is 0. The summed E-state index contributed by atoms with van der Waals surface area (Å²) in [5.74, 6) is 0.183. The van der Waals surface area contributed by atoms with Crippen LogP contribution in [0.2, 0.25) is 0 Å². The molecule has 0 heterocycles. The van der Waals surface area contributed by atoms with Gasteiger partial charge in [0.25, 0.3) is 0 Å². The Morgan fingerprint density at radius 3 is 2.10 bits per heavy atom. The Kier molecular flexibility index (Phi) is 2.98. The maximum absolute atomic E-state index is 8.45. The summed E-state index contributed by atoms with van der Waals surface area (Å²) in [4.78, 5) is 3.61. The van der Waals surface area contributed by atoms with E-state index in [0.29, 0.717) is 5.70 Å². The molecule has 0 rings (SSSR count). The minimum Gasteiger partial charge on any atom is -0.401 e. The molecule has 0 aliphatic carbocycles. The van der Waals surface area contributed by atoms with Crippen LogP contribution in [0.1, 0.15) is 6.92 Å². The Bertz CT molecular complexity index is 214. The van der Waals surface area contributed by atoms with E-state index < -0.39 is 0 Å². The first-order chi connectivity index (χ1) is 4.63. The van der Waals surface area contributed by atoms with Crippen LogP contribution in [-0.4, -0.2) is 12.9 Å². The Morgan fingerprint density at radius 1 is 1.50 bits per heavy atom. The van der Waals surface area contributed by atoms with E-state index >= 15 is 0 Å². The number of allylic oxidation sites excluding steroid dienone is 1. The normalized spacial score (nSPS) is 13.9. The van der Waals surface area contributed by atoms with E-state index in [1.54, 1.807) is 6.92 Å². The summed E-state index contributed by atoms with van der Waals surface area (Å²) in [5, 5.41) is 8.45. The van der Waals surface area contributed by atoms with Crippen LogP contribution in [0.15, 0.2) is 16.3 Å². The van der Waals surface area contributed by atoms with Crippen molar-refractivity contribution in [2.24, 2.45) is 16.5 Å². The molecule has 0 bridgehead atoms. The molecule has 0 atom stereocenters. The molecule has 0 amide bonds. The maximum atomic E-state index is 8.45. The lowest BCUT2D eigenvalue weighted by atomic mass is 10.2. The van der Waals surface area contributed by atoms with Gasteiger partial charge in [0.2, 0.25) is 0 Å². The second kappa shape index (κ2) is 3.51. The number of nitriles is 1. The summed E-state index contributed by atoms with van der Waals surface area (Å²) < 4.78 is 0. The standard InChI is InChI=1S/C6H10N4/c1-4(8)5(3-7)6(9)10-2/h8H2,1-2H3,(H2,9,10). The van der Waals surface area contributed by atoms with Crippen LogP contribution < -0.4 is 11.5 Å². The molecule has 0 fully saturated rings. The molecule has 4 nitrogen and oxygen atoms in total. The summed E-state index contributed by atoms with van der Waals surface area (Å²) in [5.41, 5.74) is 11.3. The average molecular weight is 138 g/mol. The van der Waals surface area contributed by atoms with Crippen LogP contribution in [0.25, 0.3) is 0 Å². The van der Waals surface area contributed by atoms with Gasteiger partial charge < -0.3 is 11.5 Å². The molecule has 0 radical (unpaired) electrons. The van der Waals surface area contributed by atoms with Gasteiger partial charge in [0, 0.05) is 12.7 Å². The summed E-state index contributed by atoms with van der Waals surface area (Å²) in [7, 11) is 1.51. The van der Waals surface area contributed by atoms with Crippen molar-refractivity contribution >= 4 is 5.84 Å². The fourth-order valence-electron chi connectivity index (χ4n) is 0.459.